The van der Waals surface area contributed by atoms with Gasteiger partial charge < -0.3 is 15.0 Å². The quantitative estimate of drug-likeness (QED) is 0.641. The summed E-state index contributed by atoms with van der Waals surface area (Å²) in [6.45, 7) is 3.27. The highest BCUT2D eigenvalue weighted by Crippen LogP contribution is 2.32. The van der Waals surface area contributed by atoms with Crippen molar-refractivity contribution in [3.8, 4) is 5.75 Å². The van der Waals surface area contributed by atoms with E-state index in [0.29, 0.717) is 49.5 Å². The van der Waals surface area contributed by atoms with Gasteiger partial charge >= 0.3 is 0 Å². The summed E-state index contributed by atoms with van der Waals surface area (Å²) < 4.78 is 19.8. The molecule has 7 heteroatoms. The number of carbonyl (C=O) groups excluding carboxylic acids is 2. The average molecular weight is 494 g/mol. The molecule has 1 aliphatic carbocycles. The maximum Gasteiger partial charge on any atom is 0.222 e. The molecule has 0 radical (unpaired) electrons. The van der Waals surface area contributed by atoms with Gasteiger partial charge in [0, 0.05) is 50.6 Å². The number of benzene rings is 2. The summed E-state index contributed by atoms with van der Waals surface area (Å²) in [6.07, 6.45) is 5.61. The standard InChI is InChI=1S/C29H36FN3O3/c1-36-25-8-9-26(30)23(19-25)20-29(12-10-27(34)31-29)13-11-28(35)33-16-14-32(15-17-33)24-7-6-21-4-2-3-5-22(21)18-24/h2-5,8-9,19,24H,6-7,10-18,20H2,1H3,(H,31,34)/t24-,29-/m1/s1. The molecule has 0 bridgehead atoms. The van der Waals surface area contributed by atoms with E-state index in [-0.39, 0.29) is 17.6 Å². The third-order valence-electron chi connectivity index (χ3n) is 8.34. The Bertz CT molecular complexity index is 1110. The van der Waals surface area contributed by atoms with Gasteiger partial charge in [-0.3, -0.25) is 14.5 Å². The molecule has 3 aliphatic rings. The van der Waals surface area contributed by atoms with Crippen molar-refractivity contribution in [2.45, 2.75) is 62.9 Å². The van der Waals surface area contributed by atoms with Gasteiger partial charge in [0.25, 0.3) is 0 Å². The molecule has 192 valence electrons. The van der Waals surface area contributed by atoms with E-state index >= 15 is 0 Å². The van der Waals surface area contributed by atoms with E-state index in [1.807, 2.05) is 4.90 Å². The molecule has 0 spiro atoms. The predicted molar refractivity (Wildman–Crippen MR) is 136 cm³/mol. The van der Waals surface area contributed by atoms with Crippen molar-refractivity contribution in [3.63, 3.8) is 0 Å². The van der Waals surface area contributed by atoms with Gasteiger partial charge in [-0.25, -0.2) is 4.39 Å². The van der Waals surface area contributed by atoms with Crippen molar-refractivity contribution in [2.75, 3.05) is 33.3 Å². The first-order valence-corrected chi connectivity index (χ1v) is 13.2. The van der Waals surface area contributed by atoms with Crippen molar-refractivity contribution in [1.29, 1.82) is 0 Å². The van der Waals surface area contributed by atoms with Crippen LogP contribution in [0.5, 0.6) is 5.75 Å². The number of carbonyl (C=O) groups is 2. The second-order valence-corrected chi connectivity index (χ2v) is 10.5. The van der Waals surface area contributed by atoms with E-state index in [9.17, 15) is 14.0 Å². The molecule has 2 aliphatic heterocycles. The van der Waals surface area contributed by atoms with Crippen LogP contribution in [0.1, 0.15) is 48.8 Å². The number of ether oxygens (including phenoxy) is 1. The molecular formula is C29H36FN3O3. The van der Waals surface area contributed by atoms with Crippen molar-refractivity contribution in [3.05, 3.63) is 65.0 Å². The van der Waals surface area contributed by atoms with Crippen molar-refractivity contribution in [2.24, 2.45) is 0 Å². The Balaban J connectivity index is 1.16. The number of nitrogens with one attached hydrogen (secondary N) is 1. The molecule has 2 atom stereocenters. The van der Waals surface area contributed by atoms with Crippen LogP contribution in [0.25, 0.3) is 0 Å². The molecule has 0 aromatic heterocycles. The van der Waals surface area contributed by atoms with Gasteiger partial charge in [0.15, 0.2) is 0 Å². The third kappa shape index (κ3) is 5.41. The molecule has 1 N–H and O–H groups in total. The van der Waals surface area contributed by atoms with E-state index in [2.05, 4.69) is 34.5 Å². The molecule has 0 saturated carbocycles. The van der Waals surface area contributed by atoms with Crippen LogP contribution in [0.15, 0.2) is 42.5 Å². The zero-order chi connectivity index (χ0) is 25.1. The number of aryl methyl sites for hydroxylation is 1. The van der Waals surface area contributed by atoms with Crippen LogP contribution in [-0.4, -0.2) is 66.5 Å². The number of rotatable bonds is 7. The highest BCUT2D eigenvalue weighted by Gasteiger charge is 2.39. The van der Waals surface area contributed by atoms with E-state index in [0.717, 1.165) is 39.0 Å². The van der Waals surface area contributed by atoms with E-state index < -0.39 is 5.54 Å². The SMILES string of the molecule is COc1ccc(F)c(C[C@]2(CCC(=O)N3CCN([C@@H]4CCc5ccccc5C4)CC3)CCC(=O)N2)c1. The zero-order valence-electron chi connectivity index (χ0n) is 21.1. The van der Waals surface area contributed by atoms with Crippen LogP contribution in [0, 0.1) is 5.82 Å². The predicted octanol–water partition coefficient (Wildman–Crippen LogP) is 3.51. The van der Waals surface area contributed by atoms with E-state index in [4.69, 9.17) is 4.74 Å². The van der Waals surface area contributed by atoms with Gasteiger partial charge in [0.1, 0.15) is 11.6 Å². The Morgan fingerprint density at radius 3 is 2.61 bits per heavy atom. The van der Waals surface area contributed by atoms with Gasteiger partial charge in [0.05, 0.1) is 7.11 Å². The van der Waals surface area contributed by atoms with Crippen LogP contribution in [0.3, 0.4) is 0 Å². The minimum absolute atomic E-state index is 0.0339. The second kappa shape index (κ2) is 10.6. The average Bonchev–Trinajstić information content (AvgIpc) is 3.28. The number of hydrogen-bond donors (Lipinski definition) is 1. The number of methoxy groups -OCH3 is 1. The maximum absolute atomic E-state index is 14.5. The molecule has 2 heterocycles. The number of nitrogens with zero attached hydrogens (tertiary/aromatic N) is 2. The molecular weight excluding hydrogens is 457 g/mol. The fourth-order valence-electron chi connectivity index (χ4n) is 6.19. The lowest BCUT2D eigenvalue weighted by atomic mass is 9.84. The van der Waals surface area contributed by atoms with Crippen LogP contribution in [-0.2, 0) is 28.9 Å². The fraction of sp³-hybridized carbons (Fsp3) is 0.517. The summed E-state index contributed by atoms with van der Waals surface area (Å²) in [4.78, 5) is 29.8. The maximum atomic E-state index is 14.5. The number of amides is 2. The monoisotopic (exact) mass is 493 g/mol. The van der Waals surface area contributed by atoms with Gasteiger partial charge in [-0.2, -0.15) is 0 Å². The molecule has 2 saturated heterocycles. The van der Waals surface area contributed by atoms with E-state index in [1.165, 1.54) is 23.6 Å². The largest absolute Gasteiger partial charge is 0.497 e. The first-order chi connectivity index (χ1) is 17.4. The Morgan fingerprint density at radius 1 is 1.11 bits per heavy atom. The molecule has 6 nitrogen and oxygen atoms in total. The Labute approximate surface area is 212 Å². The van der Waals surface area contributed by atoms with Gasteiger partial charge in [-0.05, 0) is 73.4 Å². The number of piperazine rings is 1. The zero-order valence-corrected chi connectivity index (χ0v) is 21.1. The van der Waals surface area contributed by atoms with E-state index in [1.54, 1.807) is 19.2 Å². The number of halogens is 1. The van der Waals surface area contributed by atoms with Crippen LogP contribution < -0.4 is 10.1 Å². The highest BCUT2D eigenvalue weighted by atomic mass is 19.1. The minimum Gasteiger partial charge on any atom is -0.497 e. The fourth-order valence-corrected chi connectivity index (χ4v) is 6.19. The summed E-state index contributed by atoms with van der Waals surface area (Å²) in [7, 11) is 1.55. The summed E-state index contributed by atoms with van der Waals surface area (Å²) in [6, 6.07) is 14.0. The third-order valence-corrected chi connectivity index (χ3v) is 8.34. The number of fused-ring (bicyclic) bond motifs is 1. The van der Waals surface area contributed by atoms with Crippen LogP contribution in [0.2, 0.25) is 0 Å². The summed E-state index contributed by atoms with van der Waals surface area (Å²) in [5.74, 6) is 0.356. The minimum atomic E-state index is -0.600. The summed E-state index contributed by atoms with van der Waals surface area (Å²) in [5.41, 5.74) is 2.84. The van der Waals surface area contributed by atoms with Gasteiger partial charge in [-0.1, -0.05) is 24.3 Å². The summed E-state index contributed by atoms with van der Waals surface area (Å²) in [5, 5.41) is 3.07. The van der Waals surface area contributed by atoms with Gasteiger partial charge in [0.2, 0.25) is 11.8 Å². The molecule has 2 fully saturated rings. The van der Waals surface area contributed by atoms with Gasteiger partial charge in [-0.15, -0.1) is 0 Å². The summed E-state index contributed by atoms with van der Waals surface area (Å²) >= 11 is 0. The first-order valence-electron chi connectivity index (χ1n) is 13.2. The lowest BCUT2D eigenvalue weighted by Crippen LogP contribution is -2.53. The Hall–Kier alpha value is -2.93. The van der Waals surface area contributed by atoms with Crippen LogP contribution >= 0.6 is 0 Å². The van der Waals surface area contributed by atoms with Crippen molar-refractivity contribution >= 4 is 11.8 Å². The van der Waals surface area contributed by atoms with Crippen molar-refractivity contribution in [1.82, 2.24) is 15.1 Å². The number of hydrogen-bond acceptors (Lipinski definition) is 4. The highest BCUT2D eigenvalue weighted by molar-refractivity contribution is 5.80. The molecule has 2 aromatic rings. The van der Waals surface area contributed by atoms with Crippen LogP contribution in [0.4, 0.5) is 4.39 Å². The first kappa shape index (κ1) is 24.8. The molecule has 5 rings (SSSR count). The Morgan fingerprint density at radius 2 is 1.89 bits per heavy atom. The molecule has 2 amide bonds. The lowest BCUT2D eigenvalue weighted by molar-refractivity contribution is -0.134. The van der Waals surface area contributed by atoms with Crippen molar-refractivity contribution < 1.29 is 18.7 Å². The molecule has 36 heavy (non-hydrogen) atoms. The second-order valence-electron chi connectivity index (χ2n) is 10.5. The smallest absolute Gasteiger partial charge is 0.222 e. The topological polar surface area (TPSA) is 61.9 Å². The molecule has 2 aromatic carbocycles. The Kier molecular flexibility index (Phi) is 7.28. The molecule has 0 unspecified atom stereocenters. The lowest BCUT2D eigenvalue weighted by Gasteiger charge is -2.41. The normalized spacial score (nSPS) is 24.3.